The number of hydrogen-bond donors (Lipinski definition) is 0. The van der Waals surface area contributed by atoms with Crippen LogP contribution in [0.3, 0.4) is 0 Å². The van der Waals surface area contributed by atoms with Crippen LogP contribution in [0, 0.1) is 0 Å². The number of hydrogen-bond acceptors (Lipinski definition) is 3. The monoisotopic (exact) mass is 338 g/mol. The smallest absolute Gasteiger partial charge is 0.224 e. The zero-order valence-corrected chi connectivity index (χ0v) is 14.8. The van der Waals surface area contributed by atoms with Crippen LogP contribution < -0.4 is 0 Å². The van der Waals surface area contributed by atoms with E-state index < -0.39 is 10.0 Å². The highest BCUT2D eigenvalue weighted by molar-refractivity contribution is 7.88. The molecule has 1 amide bonds. The Balaban J connectivity index is 1.92. The average Bonchev–Trinajstić information content (AvgIpc) is 2.53. The second kappa shape index (κ2) is 7.93. The first-order chi connectivity index (χ1) is 10.9. The maximum atomic E-state index is 12.4. The van der Waals surface area contributed by atoms with E-state index in [4.69, 9.17) is 0 Å². The van der Waals surface area contributed by atoms with Crippen molar-refractivity contribution < 1.29 is 13.2 Å². The Morgan fingerprint density at radius 3 is 2.57 bits per heavy atom. The van der Waals surface area contributed by atoms with Crippen LogP contribution in [0.25, 0.3) is 0 Å². The molecule has 0 saturated carbocycles. The van der Waals surface area contributed by atoms with Crippen molar-refractivity contribution in [1.29, 1.82) is 0 Å². The van der Waals surface area contributed by atoms with Crippen molar-refractivity contribution in [2.45, 2.75) is 39.2 Å². The largest absolute Gasteiger partial charge is 0.338 e. The minimum Gasteiger partial charge on any atom is -0.338 e. The molecule has 1 aliphatic heterocycles. The van der Waals surface area contributed by atoms with Crippen LogP contribution in [0.2, 0.25) is 0 Å². The summed E-state index contributed by atoms with van der Waals surface area (Å²) < 4.78 is 25.0. The highest BCUT2D eigenvalue weighted by Crippen LogP contribution is 2.19. The summed E-state index contributed by atoms with van der Waals surface area (Å²) in [5, 5.41) is 0. The van der Waals surface area contributed by atoms with Gasteiger partial charge in [-0.05, 0) is 24.0 Å². The Morgan fingerprint density at radius 2 is 1.91 bits per heavy atom. The van der Waals surface area contributed by atoms with E-state index in [9.17, 15) is 13.2 Å². The summed E-state index contributed by atoms with van der Waals surface area (Å²) >= 11 is 0. The van der Waals surface area contributed by atoms with Crippen LogP contribution in [-0.4, -0.2) is 49.4 Å². The van der Waals surface area contributed by atoms with E-state index in [1.54, 1.807) is 0 Å². The van der Waals surface area contributed by atoms with Gasteiger partial charge in [-0.1, -0.05) is 37.6 Å². The van der Waals surface area contributed by atoms with Crippen molar-refractivity contribution in [2.75, 3.05) is 25.9 Å². The topological polar surface area (TPSA) is 57.7 Å². The molecule has 0 aliphatic carbocycles. The van der Waals surface area contributed by atoms with Crippen molar-refractivity contribution in [2.24, 2.45) is 0 Å². The van der Waals surface area contributed by atoms with Crippen molar-refractivity contribution >= 4 is 15.9 Å². The maximum Gasteiger partial charge on any atom is 0.224 e. The van der Waals surface area contributed by atoms with Gasteiger partial charge in [-0.15, -0.1) is 0 Å². The van der Waals surface area contributed by atoms with Crippen LogP contribution in [0.5, 0.6) is 0 Å². The van der Waals surface area contributed by atoms with Crippen LogP contribution in [0.4, 0.5) is 0 Å². The predicted octanol–water partition coefficient (Wildman–Crippen LogP) is 2.02. The summed E-state index contributed by atoms with van der Waals surface area (Å²) in [7, 11) is -3.25. The van der Waals surface area contributed by atoms with Gasteiger partial charge in [-0.3, -0.25) is 4.79 Å². The first-order valence-corrected chi connectivity index (χ1v) is 10.1. The van der Waals surface area contributed by atoms with Crippen molar-refractivity contribution in [3.8, 4) is 0 Å². The molecule has 1 aromatic carbocycles. The Morgan fingerprint density at radius 1 is 1.22 bits per heavy atom. The minimum atomic E-state index is -3.25. The van der Waals surface area contributed by atoms with Gasteiger partial charge >= 0.3 is 0 Å². The molecule has 5 nitrogen and oxygen atoms in total. The normalized spacial score (nSPS) is 14.8. The molecule has 1 aromatic rings. The summed E-state index contributed by atoms with van der Waals surface area (Å²) in [6.07, 6.45) is 4.08. The SMILES string of the molecule is CCCCN(CCC(=O)N1CCc2ccccc2C1)S(C)(=O)=O. The lowest BCUT2D eigenvalue weighted by atomic mass is 10.00. The zero-order chi connectivity index (χ0) is 16.9. The van der Waals surface area contributed by atoms with Crippen molar-refractivity contribution in [3.05, 3.63) is 35.4 Å². The second-order valence-electron chi connectivity index (χ2n) is 6.10. The third-order valence-electron chi connectivity index (χ3n) is 4.29. The highest BCUT2D eigenvalue weighted by Gasteiger charge is 2.22. The van der Waals surface area contributed by atoms with Gasteiger partial charge in [0.05, 0.1) is 6.26 Å². The molecule has 23 heavy (non-hydrogen) atoms. The Hall–Kier alpha value is -1.40. The number of sulfonamides is 1. The van der Waals surface area contributed by atoms with E-state index in [-0.39, 0.29) is 18.9 Å². The number of fused-ring (bicyclic) bond motifs is 1. The molecule has 0 N–H and O–H groups in total. The molecule has 2 rings (SSSR count). The van der Waals surface area contributed by atoms with Gasteiger partial charge in [0.25, 0.3) is 0 Å². The quantitative estimate of drug-likeness (QED) is 0.764. The molecule has 0 spiro atoms. The molecule has 0 bridgehead atoms. The average molecular weight is 338 g/mol. The zero-order valence-electron chi connectivity index (χ0n) is 14.0. The van der Waals surface area contributed by atoms with Gasteiger partial charge in [-0.25, -0.2) is 12.7 Å². The van der Waals surface area contributed by atoms with Crippen LogP contribution in [-0.2, 0) is 27.8 Å². The fourth-order valence-corrected chi connectivity index (χ4v) is 3.75. The molecule has 0 atom stereocenters. The second-order valence-corrected chi connectivity index (χ2v) is 8.08. The highest BCUT2D eigenvalue weighted by atomic mass is 32.2. The van der Waals surface area contributed by atoms with E-state index in [0.717, 1.165) is 19.3 Å². The third-order valence-corrected chi connectivity index (χ3v) is 5.59. The fraction of sp³-hybridized carbons (Fsp3) is 0.588. The van der Waals surface area contributed by atoms with E-state index >= 15 is 0 Å². The molecular weight excluding hydrogens is 312 g/mol. The Bertz CT molecular complexity index is 643. The number of nitrogens with zero attached hydrogens (tertiary/aromatic N) is 2. The lowest BCUT2D eigenvalue weighted by Gasteiger charge is -2.29. The van der Waals surface area contributed by atoms with Crippen molar-refractivity contribution in [1.82, 2.24) is 9.21 Å². The number of unbranched alkanes of at least 4 members (excludes halogenated alkanes) is 1. The Kier molecular flexibility index (Phi) is 6.18. The van der Waals surface area contributed by atoms with Gasteiger partial charge in [0.15, 0.2) is 0 Å². The summed E-state index contributed by atoms with van der Waals surface area (Å²) in [5.41, 5.74) is 2.50. The molecule has 0 radical (unpaired) electrons. The number of amides is 1. The van der Waals surface area contributed by atoms with E-state index in [1.165, 1.54) is 21.7 Å². The summed E-state index contributed by atoms with van der Waals surface area (Å²) in [6.45, 7) is 4.13. The number of benzene rings is 1. The molecule has 0 unspecified atom stereocenters. The lowest BCUT2D eigenvalue weighted by Crippen LogP contribution is -2.39. The molecule has 6 heteroatoms. The molecule has 0 aromatic heterocycles. The Labute approximate surface area is 139 Å². The first-order valence-electron chi connectivity index (χ1n) is 8.21. The van der Waals surface area contributed by atoms with Gasteiger partial charge in [0, 0.05) is 32.6 Å². The fourth-order valence-electron chi connectivity index (χ4n) is 2.86. The van der Waals surface area contributed by atoms with Gasteiger partial charge < -0.3 is 4.90 Å². The maximum absolute atomic E-state index is 12.4. The van der Waals surface area contributed by atoms with Crippen LogP contribution in [0.1, 0.15) is 37.3 Å². The molecule has 1 aliphatic rings. The predicted molar refractivity (Wildman–Crippen MR) is 91.5 cm³/mol. The van der Waals surface area contributed by atoms with Crippen LogP contribution in [0.15, 0.2) is 24.3 Å². The molecule has 1 heterocycles. The summed E-state index contributed by atoms with van der Waals surface area (Å²) in [5.74, 6) is 0.0321. The minimum absolute atomic E-state index is 0.0321. The summed E-state index contributed by atoms with van der Waals surface area (Å²) in [4.78, 5) is 14.3. The van der Waals surface area contributed by atoms with E-state index in [2.05, 4.69) is 12.1 Å². The molecule has 128 valence electrons. The number of carbonyl (C=O) groups excluding carboxylic acids is 1. The first kappa shape index (κ1) is 17.9. The standard InChI is InChI=1S/C17H26N2O3S/c1-3-4-11-19(23(2,21)22)13-10-17(20)18-12-9-15-7-5-6-8-16(15)14-18/h5-8H,3-4,9-14H2,1-2H3. The van der Waals surface area contributed by atoms with Gasteiger partial charge in [0.1, 0.15) is 0 Å². The number of rotatable bonds is 7. The molecular formula is C17H26N2O3S. The van der Waals surface area contributed by atoms with Gasteiger partial charge in [0.2, 0.25) is 15.9 Å². The van der Waals surface area contributed by atoms with Gasteiger partial charge in [-0.2, -0.15) is 0 Å². The summed E-state index contributed by atoms with van der Waals surface area (Å²) in [6, 6.07) is 8.17. The number of carbonyl (C=O) groups is 1. The lowest BCUT2D eigenvalue weighted by molar-refractivity contribution is -0.132. The van der Waals surface area contributed by atoms with E-state index in [0.29, 0.717) is 19.6 Å². The van der Waals surface area contributed by atoms with Crippen LogP contribution >= 0.6 is 0 Å². The van der Waals surface area contributed by atoms with Crippen molar-refractivity contribution in [3.63, 3.8) is 0 Å². The third kappa shape index (κ3) is 5.04. The van der Waals surface area contributed by atoms with E-state index in [1.807, 2.05) is 24.0 Å². The molecule has 0 fully saturated rings. The molecule has 0 saturated heterocycles.